The van der Waals surface area contributed by atoms with Crippen LogP contribution in [0.1, 0.15) is 21.5 Å². The average molecular weight is 532 g/mol. The smallest absolute Gasteiger partial charge is 0.209 e. The van der Waals surface area contributed by atoms with Crippen molar-refractivity contribution in [1.29, 1.82) is 0 Å². The van der Waals surface area contributed by atoms with Gasteiger partial charge in [0, 0.05) is 30.1 Å². The van der Waals surface area contributed by atoms with Crippen molar-refractivity contribution in [1.82, 2.24) is 4.90 Å². The molecule has 39 heavy (non-hydrogen) atoms. The molecule has 0 atom stereocenters. The Bertz CT molecular complexity index is 1640. The largest absolute Gasteiger partial charge is 0.494 e. The number of likely N-dealkylation sites (N-methyl/N-ethyl adjacent to an activating group) is 1. The van der Waals surface area contributed by atoms with E-state index in [1.54, 1.807) is 34.5 Å². The Kier molecular flexibility index (Phi) is 6.95. The van der Waals surface area contributed by atoms with Gasteiger partial charge in [-0.25, -0.2) is 4.39 Å². The lowest BCUT2D eigenvalue weighted by Crippen LogP contribution is -2.24. The van der Waals surface area contributed by atoms with E-state index >= 15 is 0 Å². The Morgan fingerprint density at radius 2 is 1.49 bits per heavy atom. The van der Waals surface area contributed by atoms with Crippen molar-refractivity contribution in [2.24, 2.45) is 0 Å². The van der Waals surface area contributed by atoms with Crippen molar-refractivity contribution in [3.8, 4) is 28.7 Å². The van der Waals surface area contributed by atoms with Crippen molar-refractivity contribution in [3.05, 3.63) is 70.7 Å². The third kappa shape index (κ3) is 4.26. The van der Waals surface area contributed by atoms with E-state index in [0.717, 1.165) is 32.7 Å². The highest BCUT2D eigenvalue weighted by Crippen LogP contribution is 2.48. The summed E-state index contributed by atoms with van der Waals surface area (Å²) in [6, 6.07) is 12.2. The first-order valence-corrected chi connectivity index (χ1v) is 12.4. The fourth-order valence-corrected chi connectivity index (χ4v) is 5.33. The number of nitrogens with zero attached hydrogens (tertiary/aromatic N) is 1. The van der Waals surface area contributed by atoms with Crippen LogP contribution in [0.3, 0.4) is 0 Å². The molecule has 1 heterocycles. The molecule has 0 aliphatic carbocycles. The zero-order valence-electron chi connectivity index (χ0n) is 22.8. The summed E-state index contributed by atoms with van der Waals surface area (Å²) in [5.74, 6) is 1.49. The number of rotatable bonds is 7. The molecule has 4 aromatic rings. The first kappa shape index (κ1) is 26.2. The van der Waals surface area contributed by atoms with Gasteiger partial charge in [0.15, 0.2) is 34.6 Å². The second-order valence-electron chi connectivity index (χ2n) is 9.25. The summed E-state index contributed by atoms with van der Waals surface area (Å²) in [4.78, 5) is 15.5. The van der Waals surface area contributed by atoms with Gasteiger partial charge in [-0.15, -0.1) is 0 Å². The van der Waals surface area contributed by atoms with Crippen LogP contribution in [-0.4, -0.2) is 59.8 Å². The van der Waals surface area contributed by atoms with Crippen LogP contribution in [-0.2, 0) is 6.42 Å². The van der Waals surface area contributed by atoms with Gasteiger partial charge in [-0.05, 0) is 64.6 Å². The molecule has 1 aliphatic rings. The Balaban J connectivity index is 1.79. The highest BCUT2D eigenvalue weighted by atomic mass is 19.1. The molecule has 0 radical (unpaired) electrons. The van der Waals surface area contributed by atoms with E-state index in [9.17, 15) is 9.18 Å². The summed E-state index contributed by atoms with van der Waals surface area (Å²) < 4.78 is 42.5. The number of ketones is 1. The zero-order chi connectivity index (χ0) is 27.8. The lowest BCUT2D eigenvalue weighted by Gasteiger charge is -2.20. The molecule has 0 bridgehead atoms. The zero-order valence-corrected chi connectivity index (χ0v) is 22.8. The topological polar surface area (TPSA) is 66.5 Å². The second-order valence-corrected chi connectivity index (χ2v) is 9.25. The Hall–Kier alpha value is -4.46. The van der Waals surface area contributed by atoms with E-state index in [1.807, 2.05) is 36.2 Å². The number of fused-ring (bicyclic) bond motifs is 5. The molecule has 1 aliphatic heterocycles. The summed E-state index contributed by atoms with van der Waals surface area (Å²) in [6.45, 7) is 0.567. The number of benzene rings is 4. The highest BCUT2D eigenvalue weighted by molar-refractivity contribution is 6.16. The van der Waals surface area contributed by atoms with Crippen molar-refractivity contribution in [2.75, 3.05) is 49.1 Å². The van der Waals surface area contributed by atoms with Crippen LogP contribution in [0.15, 0.2) is 48.2 Å². The highest BCUT2D eigenvalue weighted by Gasteiger charge is 2.28. The number of methoxy groups -OCH3 is 5. The molecule has 5 rings (SSSR count). The van der Waals surface area contributed by atoms with E-state index in [-0.39, 0.29) is 17.1 Å². The number of ether oxygens (including phenoxy) is 5. The molecule has 0 N–H and O–H groups in total. The molecule has 4 aromatic carbocycles. The molecule has 0 unspecified atom stereocenters. The van der Waals surface area contributed by atoms with E-state index in [0.29, 0.717) is 41.7 Å². The number of allylic oxidation sites excluding steroid dienone is 1. The summed E-state index contributed by atoms with van der Waals surface area (Å²) in [6.07, 6.45) is 2.46. The van der Waals surface area contributed by atoms with Gasteiger partial charge in [-0.1, -0.05) is 12.1 Å². The maximum Gasteiger partial charge on any atom is 0.209 e. The first-order chi connectivity index (χ1) is 18.9. The number of hydrogen-bond donors (Lipinski definition) is 0. The predicted octanol–water partition coefficient (Wildman–Crippen LogP) is 5.89. The number of hydrogen-bond acceptors (Lipinski definition) is 7. The van der Waals surface area contributed by atoms with Gasteiger partial charge in [0.2, 0.25) is 5.78 Å². The van der Waals surface area contributed by atoms with Crippen molar-refractivity contribution in [2.45, 2.75) is 6.42 Å². The number of Topliss-reactive ketones (excluding diaryl/α,β-unsaturated/α-hetero) is 1. The molecule has 0 amide bonds. The van der Waals surface area contributed by atoms with Crippen LogP contribution >= 0.6 is 0 Å². The van der Waals surface area contributed by atoms with E-state index < -0.39 is 5.82 Å². The van der Waals surface area contributed by atoms with Gasteiger partial charge < -0.3 is 28.6 Å². The van der Waals surface area contributed by atoms with Gasteiger partial charge >= 0.3 is 0 Å². The van der Waals surface area contributed by atoms with Crippen LogP contribution in [0.25, 0.3) is 27.6 Å². The molecule has 0 spiro atoms. The molecule has 0 fully saturated rings. The third-order valence-corrected chi connectivity index (χ3v) is 7.30. The van der Waals surface area contributed by atoms with Gasteiger partial charge in [-0.3, -0.25) is 4.79 Å². The number of halogens is 1. The quantitative estimate of drug-likeness (QED) is 0.218. The van der Waals surface area contributed by atoms with Gasteiger partial charge in [0.1, 0.15) is 0 Å². The fraction of sp³-hybridized carbons (Fsp3) is 0.258. The van der Waals surface area contributed by atoms with Gasteiger partial charge in [0.25, 0.3) is 0 Å². The number of carbonyl (C=O) groups is 1. The van der Waals surface area contributed by atoms with Crippen LogP contribution in [0.4, 0.5) is 4.39 Å². The lowest BCUT2D eigenvalue weighted by atomic mass is 9.91. The maximum absolute atomic E-state index is 14.5. The normalized spacial score (nSPS) is 13.0. The summed E-state index contributed by atoms with van der Waals surface area (Å²) >= 11 is 0. The van der Waals surface area contributed by atoms with Crippen molar-refractivity contribution >= 4 is 33.4 Å². The predicted molar refractivity (Wildman–Crippen MR) is 149 cm³/mol. The molecule has 8 heteroatoms. The van der Waals surface area contributed by atoms with Crippen LogP contribution < -0.4 is 23.7 Å². The molecular weight excluding hydrogens is 501 g/mol. The minimum atomic E-state index is -0.593. The first-order valence-electron chi connectivity index (χ1n) is 12.4. The number of carbonyl (C=O) groups excluding carboxylic acids is 1. The van der Waals surface area contributed by atoms with Crippen molar-refractivity contribution in [3.63, 3.8) is 0 Å². The second kappa shape index (κ2) is 10.4. The molecule has 0 aromatic heterocycles. The third-order valence-electron chi connectivity index (χ3n) is 7.30. The van der Waals surface area contributed by atoms with E-state index in [2.05, 4.69) is 6.07 Å². The monoisotopic (exact) mass is 531 g/mol. The molecule has 0 saturated heterocycles. The minimum absolute atomic E-state index is 0.0828. The minimum Gasteiger partial charge on any atom is -0.494 e. The maximum atomic E-state index is 14.5. The molecule has 202 valence electrons. The van der Waals surface area contributed by atoms with Crippen LogP contribution in [0.2, 0.25) is 0 Å². The van der Waals surface area contributed by atoms with Gasteiger partial charge in [0.05, 0.1) is 41.2 Å². The summed E-state index contributed by atoms with van der Waals surface area (Å²) in [5, 5.41) is 3.75. The molecule has 7 nitrogen and oxygen atoms in total. The van der Waals surface area contributed by atoms with E-state index in [4.69, 9.17) is 23.7 Å². The van der Waals surface area contributed by atoms with E-state index in [1.165, 1.54) is 19.2 Å². The lowest BCUT2D eigenvalue weighted by molar-refractivity contribution is 0.100. The van der Waals surface area contributed by atoms with Gasteiger partial charge in [-0.2, -0.15) is 0 Å². The Morgan fingerprint density at radius 1 is 0.795 bits per heavy atom. The van der Waals surface area contributed by atoms with Crippen molar-refractivity contribution < 1.29 is 32.9 Å². The Morgan fingerprint density at radius 3 is 2.13 bits per heavy atom. The standard InChI is InChI=1S/C31H30FNO6/c1-33-12-11-19-20-9-7-17-14-26(36-3)27(37-4)16-21(17)28(20)31(39-6)30(38-5)22(19)15-24(33)29(34)18-8-10-25(35-2)23(32)13-18/h7-10,13-16H,11-12H2,1-6H3. The Labute approximate surface area is 226 Å². The average Bonchev–Trinajstić information content (AvgIpc) is 3.13. The van der Waals surface area contributed by atoms with Crippen LogP contribution in [0.5, 0.6) is 28.7 Å². The summed E-state index contributed by atoms with van der Waals surface area (Å²) in [5.41, 5.74) is 2.43. The fourth-order valence-electron chi connectivity index (χ4n) is 5.33. The SMILES string of the molecule is COc1ccc(C(=O)C2=Cc3c(OC)c(OC)c4c(ccc5cc(OC)c(OC)cc54)c3CCN2C)cc1F. The molecule has 0 saturated carbocycles. The summed E-state index contributed by atoms with van der Waals surface area (Å²) in [7, 11) is 9.64. The van der Waals surface area contributed by atoms with Crippen LogP contribution in [0, 0.1) is 5.82 Å². The molecular formula is C31H30FNO6.